The van der Waals surface area contributed by atoms with E-state index in [0.717, 1.165) is 13.1 Å². The Bertz CT molecular complexity index is 640. The highest BCUT2D eigenvalue weighted by atomic mass is 32.1. The number of hydrogen-bond acceptors (Lipinski definition) is 3. The smallest absolute Gasteiger partial charge is 0.191 e. The number of aliphatic imine (C=N–C) groups is 1. The normalized spacial score (nSPS) is 13.1. The second-order valence-corrected chi connectivity index (χ2v) is 6.64. The molecule has 1 unspecified atom stereocenters. The molecule has 0 spiro atoms. The van der Waals surface area contributed by atoms with Crippen molar-refractivity contribution in [3.8, 4) is 0 Å². The van der Waals surface area contributed by atoms with Gasteiger partial charge < -0.3 is 15.5 Å². The SMILES string of the molecule is CCNC(=NCc1ccccc1F)NCC(c1cccs1)N(C)C. The minimum Gasteiger partial charge on any atom is -0.357 e. The summed E-state index contributed by atoms with van der Waals surface area (Å²) in [6.45, 7) is 3.82. The van der Waals surface area contributed by atoms with Crippen LogP contribution in [0.5, 0.6) is 0 Å². The van der Waals surface area contributed by atoms with Crippen LogP contribution in [-0.2, 0) is 6.54 Å². The summed E-state index contributed by atoms with van der Waals surface area (Å²) in [5.74, 6) is 0.478. The van der Waals surface area contributed by atoms with Crippen LogP contribution in [0.2, 0.25) is 0 Å². The molecule has 130 valence electrons. The van der Waals surface area contributed by atoms with E-state index in [2.05, 4.69) is 52.1 Å². The predicted molar refractivity (Wildman–Crippen MR) is 100.0 cm³/mol. The van der Waals surface area contributed by atoms with Gasteiger partial charge in [0.25, 0.3) is 0 Å². The second kappa shape index (κ2) is 9.39. The second-order valence-electron chi connectivity index (χ2n) is 5.66. The molecule has 0 radical (unpaired) electrons. The van der Waals surface area contributed by atoms with Gasteiger partial charge in [-0.2, -0.15) is 0 Å². The molecule has 1 atom stereocenters. The third kappa shape index (κ3) is 5.32. The van der Waals surface area contributed by atoms with Crippen LogP contribution in [-0.4, -0.2) is 38.0 Å². The maximum atomic E-state index is 13.7. The Kier molecular flexibility index (Phi) is 7.21. The molecule has 1 aromatic heterocycles. The molecule has 0 fully saturated rings. The van der Waals surface area contributed by atoms with E-state index in [1.54, 1.807) is 23.5 Å². The van der Waals surface area contributed by atoms with Crippen LogP contribution in [0.25, 0.3) is 0 Å². The van der Waals surface area contributed by atoms with Gasteiger partial charge in [0, 0.05) is 23.5 Å². The summed E-state index contributed by atoms with van der Waals surface area (Å²) >= 11 is 1.75. The van der Waals surface area contributed by atoms with E-state index in [-0.39, 0.29) is 11.9 Å². The van der Waals surface area contributed by atoms with Crippen molar-refractivity contribution >= 4 is 17.3 Å². The van der Waals surface area contributed by atoms with Gasteiger partial charge in [-0.3, -0.25) is 0 Å². The lowest BCUT2D eigenvalue weighted by molar-refractivity contribution is 0.302. The first-order valence-electron chi connectivity index (χ1n) is 8.07. The third-order valence-corrected chi connectivity index (χ3v) is 4.64. The Morgan fingerprint density at radius 2 is 2.00 bits per heavy atom. The summed E-state index contributed by atoms with van der Waals surface area (Å²) in [7, 11) is 4.13. The van der Waals surface area contributed by atoms with Gasteiger partial charge in [-0.05, 0) is 38.5 Å². The first-order valence-corrected chi connectivity index (χ1v) is 8.95. The van der Waals surface area contributed by atoms with E-state index in [0.29, 0.717) is 18.1 Å². The van der Waals surface area contributed by atoms with E-state index in [9.17, 15) is 4.39 Å². The number of benzene rings is 1. The predicted octanol–water partition coefficient (Wildman–Crippen LogP) is 3.25. The molecular weight excluding hydrogens is 323 g/mol. The minimum absolute atomic E-state index is 0.221. The first kappa shape index (κ1) is 18.4. The zero-order chi connectivity index (χ0) is 17.4. The standard InChI is InChI=1S/C18H25FN4S/c1-4-20-18(21-12-14-8-5-6-9-15(14)19)22-13-16(23(2)3)17-10-7-11-24-17/h5-11,16H,4,12-13H2,1-3H3,(H2,20,21,22). The monoisotopic (exact) mass is 348 g/mol. The summed E-state index contributed by atoms with van der Waals surface area (Å²) in [6.07, 6.45) is 0. The maximum absolute atomic E-state index is 13.7. The molecule has 0 aliphatic heterocycles. The Hall–Kier alpha value is -1.92. The lowest BCUT2D eigenvalue weighted by atomic mass is 10.2. The van der Waals surface area contributed by atoms with Gasteiger partial charge in [-0.25, -0.2) is 9.38 Å². The highest BCUT2D eigenvalue weighted by Gasteiger charge is 2.15. The quantitative estimate of drug-likeness (QED) is 0.596. The lowest BCUT2D eigenvalue weighted by Gasteiger charge is -2.24. The average Bonchev–Trinajstić information content (AvgIpc) is 3.08. The van der Waals surface area contributed by atoms with Crippen LogP contribution in [0.15, 0.2) is 46.8 Å². The molecule has 1 aromatic carbocycles. The molecule has 0 bridgehead atoms. The number of likely N-dealkylation sites (N-methyl/N-ethyl adjacent to an activating group) is 1. The van der Waals surface area contributed by atoms with Gasteiger partial charge in [0.2, 0.25) is 0 Å². The molecule has 0 aliphatic rings. The number of guanidine groups is 1. The third-order valence-electron chi connectivity index (χ3n) is 3.67. The van der Waals surface area contributed by atoms with Gasteiger partial charge in [0.15, 0.2) is 5.96 Å². The van der Waals surface area contributed by atoms with E-state index >= 15 is 0 Å². The number of hydrogen-bond donors (Lipinski definition) is 2. The molecule has 0 saturated heterocycles. The summed E-state index contributed by atoms with van der Waals surface area (Å²) in [5.41, 5.74) is 0.595. The van der Waals surface area contributed by atoms with Gasteiger partial charge >= 0.3 is 0 Å². The van der Waals surface area contributed by atoms with Crippen molar-refractivity contribution in [2.24, 2.45) is 4.99 Å². The summed E-state index contributed by atoms with van der Waals surface area (Å²) < 4.78 is 13.7. The highest BCUT2D eigenvalue weighted by Crippen LogP contribution is 2.22. The van der Waals surface area contributed by atoms with Crippen molar-refractivity contribution in [1.29, 1.82) is 0 Å². The van der Waals surface area contributed by atoms with E-state index in [1.165, 1.54) is 10.9 Å². The molecule has 0 amide bonds. The van der Waals surface area contributed by atoms with E-state index < -0.39 is 0 Å². The Labute approximate surface area is 147 Å². The van der Waals surface area contributed by atoms with Gasteiger partial charge in [-0.1, -0.05) is 24.3 Å². The molecule has 1 heterocycles. The van der Waals surface area contributed by atoms with Crippen LogP contribution < -0.4 is 10.6 Å². The zero-order valence-electron chi connectivity index (χ0n) is 14.4. The molecule has 2 N–H and O–H groups in total. The fourth-order valence-electron chi connectivity index (χ4n) is 2.34. The van der Waals surface area contributed by atoms with Crippen molar-refractivity contribution in [3.05, 3.63) is 58.0 Å². The fraction of sp³-hybridized carbons (Fsp3) is 0.389. The Morgan fingerprint density at radius 1 is 1.21 bits per heavy atom. The van der Waals surface area contributed by atoms with Gasteiger partial charge in [0.1, 0.15) is 5.82 Å². The van der Waals surface area contributed by atoms with Gasteiger partial charge in [-0.15, -0.1) is 11.3 Å². The Morgan fingerprint density at radius 3 is 2.62 bits per heavy atom. The van der Waals surface area contributed by atoms with Crippen molar-refractivity contribution in [2.75, 3.05) is 27.2 Å². The Balaban J connectivity index is 2.02. The summed E-state index contributed by atoms with van der Waals surface area (Å²) in [6, 6.07) is 11.2. The largest absolute Gasteiger partial charge is 0.357 e. The molecule has 6 heteroatoms. The number of nitrogens with one attached hydrogen (secondary N) is 2. The molecule has 4 nitrogen and oxygen atoms in total. The minimum atomic E-state index is -0.221. The first-order chi connectivity index (χ1) is 11.6. The van der Waals surface area contributed by atoms with Crippen LogP contribution >= 0.6 is 11.3 Å². The number of rotatable bonds is 7. The topological polar surface area (TPSA) is 39.7 Å². The van der Waals surface area contributed by atoms with Crippen LogP contribution in [0, 0.1) is 5.82 Å². The van der Waals surface area contributed by atoms with E-state index in [1.807, 2.05) is 13.0 Å². The van der Waals surface area contributed by atoms with Crippen molar-refractivity contribution in [1.82, 2.24) is 15.5 Å². The molecule has 0 saturated carbocycles. The molecular formula is C18H25FN4S. The molecule has 2 rings (SSSR count). The zero-order valence-corrected chi connectivity index (χ0v) is 15.2. The summed E-state index contributed by atoms with van der Waals surface area (Å²) in [5, 5.41) is 8.66. The number of halogens is 1. The van der Waals surface area contributed by atoms with Crippen molar-refractivity contribution in [3.63, 3.8) is 0 Å². The molecule has 24 heavy (non-hydrogen) atoms. The molecule has 2 aromatic rings. The van der Waals surface area contributed by atoms with E-state index in [4.69, 9.17) is 0 Å². The average molecular weight is 348 g/mol. The highest BCUT2D eigenvalue weighted by molar-refractivity contribution is 7.10. The van der Waals surface area contributed by atoms with Gasteiger partial charge in [0.05, 0.1) is 12.6 Å². The fourth-order valence-corrected chi connectivity index (χ4v) is 3.27. The lowest BCUT2D eigenvalue weighted by Crippen LogP contribution is -2.41. The summed E-state index contributed by atoms with van der Waals surface area (Å²) in [4.78, 5) is 7.98. The molecule has 0 aliphatic carbocycles. The maximum Gasteiger partial charge on any atom is 0.191 e. The number of thiophene rings is 1. The van der Waals surface area contributed by atoms with Crippen LogP contribution in [0.3, 0.4) is 0 Å². The van der Waals surface area contributed by atoms with Crippen molar-refractivity contribution in [2.45, 2.75) is 19.5 Å². The van der Waals surface area contributed by atoms with Crippen LogP contribution in [0.1, 0.15) is 23.4 Å². The number of nitrogens with zero attached hydrogens (tertiary/aromatic N) is 2. The van der Waals surface area contributed by atoms with Crippen LogP contribution in [0.4, 0.5) is 4.39 Å². The van der Waals surface area contributed by atoms with Crippen molar-refractivity contribution < 1.29 is 4.39 Å².